The summed E-state index contributed by atoms with van der Waals surface area (Å²) in [6, 6.07) is 11.5. The quantitative estimate of drug-likeness (QED) is 0.319. The minimum atomic E-state index is -1.23. The summed E-state index contributed by atoms with van der Waals surface area (Å²) in [4.78, 5) is 27.0. The third kappa shape index (κ3) is 3.89. The Hall–Kier alpha value is -3.91. The highest BCUT2D eigenvalue weighted by atomic mass is 35.5. The van der Waals surface area contributed by atoms with Gasteiger partial charge in [0.25, 0.3) is 11.7 Å². The summed E-state index contributed by atoms with van der Waals surface area (Å²) in [5.41, 5.74) is 0.00268. The fourth-order valence-corrected chi connectivity index (χ4v) is 3.90. The third-order valence-corrected chi connectivity index (χ3v) is 5.55. The van der Waals surface area contributed by atoms with Gasteiger partial charge in [-0.05, 0) is 48.0 Å². The normalized spacial score (nSPS) is 17.5. The van der Waals surface area contributed by atoms with Crippen molar-refractivity contribution < 1.29 is 33.3 Å². The van der Waals surface area contributed by atoms with Crippen molar-refractivity contribution in [2.24, 2.45) is 0 Å². The number of amides is 1. The molecule has 1 aliphatic heterocycles. The second-order valence-electron chi connectivity index (χ2n) is 7.21. The number of anilines is 1. The van der Waals surface area contributed by atoms with Crippen LogP contribution in [0.25, 0.3) is 5.76 Å². The van der Waals surface area contributed by atoms with Crippen LogP contribution in [-0.2, 0) is 9.59 Å². The third-order valence-electron chi connectivity index (χ3n) is 5.24. The van der Waals surface area contributed by atoms with Crippen LogP contribution < -0.4 is 9.64 Å². The Morgan fingerprint density at radius 1 is 1.03 bits per heavy atom. The van der Waals surface area contributed by atoms with Crippen LogP contribution in [-0.4, -0.2) is 29.0 Å². The van der Waals surface area contributed by atoms with Crippen molar-refractivity contribution in [3.63, 3.8) is 0 Å². The molecule has 9 heteroatoms. The summed E-state index contributed by atoms with van der Waals surface area (Å²) in [7, 11) is 1.37. The molecule has 0 aliphatic carbocycles. The fraction of sp³-hybridized carbons (Fsp3) is 0.0833. The first-order chi connectivity index (χ1) is 15.7. The molecule has 3 aromatic rings. The number of hydrogen-bond acceptors (Lipinski definition) is 5. The summed E-state index contributed by atoms with van der Waals surface area (Å²) in [5.74, 6) is -4.90. The molecule has 0 bridgehead atoms. The van der Waals surface area contributed by atoms with Crippen molar-refractivity contribution in [2.75, 3.05) is 12.0 Å². The van der Waals surface area contributed by atoms with Gasteiger partial charge in [0.1, 0.15) is 17.3 Å². The number of aromatic hydroxyl groups is 1. The standard InChI is InChI=1S/C24H16ClF2NO5/c1-33-19-10-13(5-7-16(19)25)22(30)20-21(12-3-2-4-15(29)9-12)28(24(32)23(20)31)14-6-8-17(26)18(27)11-14/h2-11,21,29-30H,1H3/b22-20+. The van der Waals surface area contributed by atoms with Crippen molar-refractivity contribution in [1.29, 1.82) is 0 Å². The molecule has 4 rings (SSSR count). The van der Waals surface area contributed by atoms with E-state index >= 15 is 0 Å². The van der Waals surface area contributed by atoms with Crippen LogP contribution in [0.2, 0.25) is 5.02 Å². The average molecular weight is 472 g/mol. The zero-order valence-electron chi connectivity index (χ0n) is 17.1. The summed E-state index contributed by atoms with van der Waals surface area (Å²) in [6.45, 7) is 0. The van der Waals surface area contributed by atoms with Crippen LogP contribution in [0.3, 0.4) is 0 Å². The lowest BCUT2D eigenvalue weighted by Gasteiger charge is -2.25. The van der Waals surface area contributed by atoms with E-state index in [-0.39, 0.29) is 38.9 Å². The minimum absolute atomic E-state index is 0.0999. The number of aliphatic hydroxyl groups is 1. The SMILES string of the molecule is COc1cc(/C(O)=C2\C(=O)C(=O)N(c3ccc(F)c(F)c3)C2c2cccc(O)c2)ccc1Cl. The van der Waals surface area contributed by atoms with Crippen molar-refractivity contribution in [3.8, 4) is 11.5 Å². The molecule has 1 unspecified atom stereocenters. The van der Waals surface area contributed by atoms with E-state index in [0.29, 0.717) is 0 Å². The maximum absolute atomic E-state index is 14.0. The van der Waals surface area contributed by atoms with Crippen molar-refractivity contribution >= 4 is 34.7 Å². The second-order valence-corrected chi connectivity index (χ2v) is 7.62. The molecule has 1 atom stereocenters. The van der Waals surface area contributed by atoms with Crippen LogP contribution in [0.5, 0.6) is 11.5 Å². The van der Waals surface area contributed by atoms with Crippen LogP contribution in [0.1, 0.15) is 17.2 Å². The molecule has 168 valence electrons. The van der Waals surface area contributed by atoms with Crippen LogP contribution in [0, 0.1) is 11.6 Å². The molecule has 1 amide bonds. The van der Waals surface area contributed by atoms with Gasteiger partial charge in [-0.15, -0.1) is 0 Å². The molecule has 3 aromatic carbocycles. The number of rotatable bonds is 4. The lowest BCUT2D eigenvalue weighted by atomic mass is 9.95. The van der Waals surface area contributed by atoms with E-state index in [1.54, 1.807) is 0 Å². The number of methoxy groups -OCH3 is 1. The Labute approximate surface area is 191 Å². The van der Waals surface area contributed by atoms with E-state index in [0.717, 1.165) is 23.1 Å². The van der Waals surface area contributed by atoms with Gasteiger partial charge >= 0.3 is 0 Å². The molecule has 33 heavy (non-hydrogen) atoms. The number of halogens is 3. The van der Waals surface area contributed by atoms with E-state index in [4.69, 9.17) is 16.3 Å². The number of benzene rings is 3. The number of aliphatic hydroxyl groups excluding tert-OH is 1. The molecule has 1 heterocycles. The van der Waals surface area contributed by atoms with Gasteiger partial charge in [-0.2, -0.15) is 0 Å². The number of ether oxygens (including phenoxy) is 1. The average Bonchev–Trinajstić information content (AvgIpc) is 3.06. The molecule has 2 N–H and O–H groups in total. The van der Waals surface area contributed by atoms with E-state index in [9.17, 15) is 28.6 Å². The smallest absolute Gasteiger partial charge is 0.300 e. The highest BCUT2D eigenvalue weighted by Gasteiger charge is 2.47. The highest BCUT2D eigenvalue weighted by molar-refractivity contribution is 6.51. The highest BCUT2D eigenvalue weighted by Crippen LogP contribution is 2.43. The van der Waals surface area contributed by atoms with Gasteiger partial charge < -0.3 is 14.9 Å². The number of carbonyl (C=O) groups excluding carboxylic acids is 2. The zero-order chi connectivity index (χ0) is 23.9. The number of Topliss-reactive ketones (excluding diaryl/α,β-unsaturated/α-hetero) is 1. The summed E-state index contributed by atoms with van der Waals surface area (Å²) < 4.78 is 32.6. The molecule has 0 spiro atoms. The lowest BCUT2D eigenvalue weighted by molar-refractivity contribution is -0.132. The van der Waals surface area contributed by atoms with E-state index in [2.05, 4.69) is 0 Å². The van der Waals surface area contributed by atoms with Gasteiger partial charge in [0.05, 0.1) is 23.7 Å². The molecular weight excluding hydrogens is 456 g/mol. The Kier molecular flexibility index (Phi) is 5.78. The molecule has 0 aromatic heterocycles. The summed E-state index contributed by atoms with van der Waals surface area (Å²) in [6.07, 6.45) is 0. The summed E-state index contributed by atoms with van der Waals surface area (Å²) in [5, 5.41) is 21.3. The number of nitrogens with zero attached hydrogens (tertiary/aromatic N) is 1. The number of hydrogen-bond donors (Lipinski definition) is 2. The van der Waals surface area contributed by atoms with Crippen molar-refractivity contribution in [3.05, 3.63) is 94.0 Å². The van der Waals surface area contributed by atoms with Crippen molar-refractivity contribution in [1.82, 2.24) is 0 Å². The molecule has 0 radical (unpaired) electrons. The van der Waals surface area contributed by atoms with E-state index in [1.165, 1.54) is 49.6 Å². The zero-order valence-corrected chi connectivity index (χ0v) is 17.8. The van der Waals surface area contributed by atoms with Crippen LogP contribution in [0.15, 0.2) is 66.2 Å². The molecule has 1 saturated heterocycles. The Bertz CT molecular complexity index is 1320. The summed E-state index contributed by atoms with van der Waals surface area (Å²) >= 11 is 6.04. The maximum Gasteiger partial charge on any atom is 0.300 e. The van der Waals surface area contributed by atoms with Crippen LogP contribution >= 0.6 is 11.6 Å². The molecule has 1 fully saturated rings. The van der Waals surface area contributed by atoms with Gasteiger partial charge in [-0.1, -0.05) is 23.7 Å². The molecular formula is C24H16ClF2NO5. The first kappa shape index (κ1) is 22.3. The number of phenolic OH excluding ortho intramolecular Hbond substituents is 1. The number of phenols is 1. The lowest BCUT2D eigenvalue weighted by Crippen LogP contribution is -2.29. The van der Waals surface area contributed by atoms with Crippen molar-refractivity contribution in [2.45, 2.75) is 6.04 Å². The van der Waals surface area contributed by atoms with Gasteiger partial charge in [-0.25, -0.2) is 8.78 Å². The largest absolute Gasteiger partial charge is 0.508 e. The topological polar surface area (TPSA) is 87.1 Å². The van der Waals surface area contributed by atoms with Gasteiger partial charge in [-0.3, -0.25) is 14.5 Å². The predicted octanol–water partition coefficient (Wildman–Crippen LogP) is 4.96. The van der Waals surface area contributed by atoms with E-state index in [1.807, 2.05) is 0 Å². The van der Waals surface area contributed by atoms with Gasteiger partial charge in [0.15, 0.2) is 11.6 Å². The van der Waals surface area contributed by atoms with Gasteiger partial charge in [0.2, 0.25) is 0 Å². The number of carbonyl (C=O) groups is 2. The Balaban J connectivity index is 1.97. The monoisotopic (exact) mass is 471 g/mol. The predicted molar refractivity (Wildman–Crippen MR) is 117 cm³/mol. The maximum atomic E-state index is 14.0. The first-order valence-corrected chi connectivity index (χ1v) is 9.99. The Morgan fingerprint density at radius 2 is 1.79 bits per heavy atom. The first-order valence-electron chi connectivity index (χ1n) is 9.61. The molecule has 6 nitrogen and oxygen atoms in total. The molecule has 0 saturated carbocycles. The fourth-order valence-electron chi connectivity index (χ4n) is 3.71. The Morgan fingerprint density at radius 3 is 2.45 bits per heavy atom. The van der Waals surface area contributed by atoms with Gasteiger partial charge in [0, 0.05) is 17.3 Å². The molecule has 1 aliphatic rings. The van der Waals surface area contributed by atoms with E-state index < -0.39 is 35.1 Å². The van der Waals surface area contributed by atoms with Crippen LogP contribution in [0.4, 0.5) is 14.5 Å². The second kappa shape index (κ2) is 8.55. The minimum Gasteiger partial charge on any atom is -0.508 e. The number of ketones is 1.